The molecule has 0 amide bonds. The number of furan rings is 1. The zero-order chi connectivity index (χ0) is 32.9. The number of aliphatic imine (C=N–C) groups is 1. The third kappa shape index (κ3) is 4.93. The second-order valence-corrected chi connectivity index (χ2v) is 12.4. The van der Waals surface area contributed by atoms with Crippen molar-refractivity contribution in [1.29, 1.82) is 0 Å². The van der Waals surface area contributed by atoms with Gasteiger partial charge in [-0.05, 0) is 70.5 Å². The van der Waals surface area contributed by atoms with E-state index in [-0.39, 0.29) is 0 Å². The second kappa shape index (κ2) is 11.6. The van der Waals surface area contributed by atoms with Crippen molar-refractivity contribution < 1.29 is 4.42 Å². The van der Waals surface area contributed by atoms with Crippen molar-refractivity contribution in [2.45, 2.75) is 6.92 Å². The summed E-state index contributed by atoms with van der Waals surface area (Å²) in [5.41, 5.74) is 12.7. The van der Waals surface area contributed by atoms with Gasteiger partial charge in [0.25, 0.3) is 0 Å². The Bertz CT molecular complexity index is 2770. The van der Waals surface area contributed by atoms with E-state index in [9.17, 15) is 0 Å². The number of imidazole rings is 1. The number of fused-ring (bicyclic) bond motifs is 10. The van der Waals surface area contributed by atoms with Crippen LogP contribution in [0.4, 0.5) is 0 Å². The Morgan fingerprint density at radius 3 is 2.08 bits per heavy atom. The zero-order valence-corrected chi connectivity index (χ0v) is 27.0. The van der Waals surface area contributed by atoms with Gasteiger partial charge in [-0.1, -0.05) is 134 Å². The lowest BCUT2D eigenvalue weighted by atomic mass is 9.98. The highest BCUT2D eigenvalue weighted by Crippen LogP contribution is 2.39. The molecule has 0 bridgehead atoms. The maximum atomic E-state index is 6.62. The molecule has 3 heterocycles. The highest BCUT2D eigenvalue weighted by atomic mass is 16.3. The summed E-state index contributed by atoms with van der Waals surface area (Å²) in [4.78, 5) is 10.1. The van der Waals surface area contributed by atoms with E-state index >= 15 is 0 Å². The third-order valence-electron chi connectivity index (χ3n) is 9.33. The minimum Gasteiger partial charge on any atom is -0.439 e. The number of pyridine rings is 1. The molecule has 0 unspecified atom stereocenters. The van der Waals surface area contributed by atoms with Gasteiger partial charge in [-0.25, -0.2) is 9.98 Å². The molecule has 9 aromatic rings. The fraction of sp³-hybridized carbons (Fsp3) is 0.0222. The number of benzene rings is 6. The second-order valence-electron chi connectivity index (χ2n) is 12.4. The monoisotopic (exact) mass is 629 g/mol. The lowest BCUT2D eigenvalue weighted by Gasteiger charge is -2.09. The van der Waals surface area contributed by atoms with Gasteiger partial charge in [-0.3, -0.25) is 4.40 Å². The van der Waals surface area contributed by atoms with Gasteiger partial charge in [-0.15, -0.1) is 0 Å². The van der Waals surface area contributed by atoms with Crippen LogP contribution in [0.15, 0.2) is 174 Å². The van der Waals surface area contributed by atoms with Crippen LogP contribution in [0, 0.1) is 0 Å². The Morgan fingerprint density at radius 2 is 1.31 bits per heavy atom. The Hall–Kier alpha value is -6.52. The molecule has 0 N–H and O–H groups in total. The minimum atomic E-state index is 0.723. The molecule has 6 aromatic carbocycles. The van der Waals surface area contributed by atoms with Crippen LogP contribution < -0.4 is 0 Å². The van der Waals surface area contributed by atoms with Crippen molar-refractivity contribution in [2.24, 2.45) is 4.99 Å². The van der Waals surface area contributed by atoms with E-state index in [4.69, 9.17) is 14.4 Å². The van der Waals surface area contributed by atoms with Gasteiger partial charge in [0.2, 0.25) is 5.71 Å². The molecule has 232 valence electrons. The van der Waals surface area contributed by atoms with Gasteiger partial charge < -0.3 is 4.42 Å². The number of nitrogens with zero attached hydrogens (tertiary/aromatic N) is 3. The molecule has 0 aliphatic heterocycles. The number of hydrogen-bond acceptors (Lipinski definition) is 3. The summed E-state index contributed by atoms with van der Waals surface area (Å²) in [7, 11) is 0. The summed E-state index contributed by atoms with van der Waals surface area (Å²) in [5.74, 6) is 0. The molecule has 9 rings (SSSR count). The normalized spacial score (nSPS) is 12.5. The van der Waals surface area contributed by atoms with Crippen LogP contribution in [0.1, 0.15) is 23.6 Å². The van der Waals surface area contributed by atoms with Crippen LogP contribution >= 0.6 is 0 Å². The zero-order valence-electron chi connectivity index (χ0n) is 27.0. The lowest BCUT2D eigenvalue weighted by Crippen LogP contribution is -1.99. The quantitative estimate of drug-likeness (QED) is 0.172. The topological polar surface area (TPSA) is 42.8 Å². The molecule has 0 saturated heterocycles. The Balaban J connectivity index is 1.17. The average molecular weight is 630 g/mol. The molecular weight excluding hydrogens is 599 g/mol. The molecule has 0 fully saturated rings. The van der Waals surface area contributed by atoms with E-state index in [2.05, 4.69) is 127 Å². The highest BCUT2D eigenvalue weighted by molar-refractivity contribution is 6.22. The molecule has 4 heteroatoms. The fourth-order valence-corrected chi connectivity index (χ4v) is 6.83. The summed E-state index contributed by atoms with van der Waals surface area (Å²) >= 11 is 0. The van der Waals surface area contributed by atoms with Crippen LogP contribution in [0.3, 0.4) is 0 Å². The number of allylic oxidation sites excluding steroid dienone is 2. The third-order valence-corrected chi connectivity index (χ3v) is 9.33. The van der Waals surface area contributed by atoms with E-state index in [1.54, 1.807) is 0 Å². The summed E-state index contributed by atoms with van der Waals surface area (Å²) in [6.45, 7) is 6.43. The van der Waals surface area contributed by atoms with Gasteiger partial charge in [-0.2, -0.15) is 0 Å². The van der Waals surface area contributed by atoms with E-state index in [1.165, 1.54) is 0 Å². The molecular formula is C45H31N3O. The van der Waals surface area contributed by atoms with Crippen molar-refractivity contribution in [2.75, 3.05) is 0 Å². The summed E-state index contributed by atoms with van der Waals surface area (Å²) in [6, 6.07) is 52.3. The Morgan fingerprint density at radius 1 is 0.653 bits per heavy atom. The minimum absolute atomic E-state index is 0.723. The van der Waals surface area contributed by atoms with Crippen LogP contribution in [0.2, 0.25) is 0 Å². The van der Waals surface area contributed by atoms with Crippen molar-refractivity contribution >= 4 is 66.5 Å². The SMILES string of the molecule is C=C(N=C(/C=C(\C)c1ccccc1)c1ccc(-c2ccc3oc4c(c3c2)c2ccccc2c2nc3ccccc3n24)cc1)c1ccccc1. The average Bonchev–Trinajstić information content (AvgIpc) is 3.74. The molecule has 0 spiro atoms. The van der Waals surface area contributed by atoms with Crippen molar-refractivity contribution in [3.8, 4) is 11.1 Å². The standard InChI is InChI=1S/C45H31N3O/c1-29(31-13-5-3-6-14-31)27-40(46-30(2)32-15-7-4-8-16-32)34-23-21-33(22-24-34)35-25-26-42-38(28-35)43-36-17-9-10-18-37(36)44-47-39-19-11-12-20-41(39)48(44)45(43)49-42/h3-28H,2H2,1H3/b29-27+,46-40?. The highest BCUT2D eigenvalue weighted by Gasteiger charge is 2.19. The van der Waals surface area contributed by atoms with Gasteiger partial charge in [0.1, 0.15) is 11.2 Å². The summed E-state index contributed by atoms with van der Waals surface area (Å²) in [6.07, 6.45) is 2.15. The first-order valence-electron chi connectivity index (χ1n) is 16.4. The Labute approximate surface area is 283 Å². The molecule has 3 aromatic heterocycles. The first-order chi connectivity index (χ1) is 24.1. The van der Waals surface area contributed by atoms with Crippen molar-refractivity contribution in [1.82, 2.24) is 9.38 Å². The lowest BCUT2D eigenvalue weighted by molar-refractivity contribution is 0.650. The first kappa shape index (κ1) is 28.7. The fourth-order valence-electron chi connectivity index (χ4n) is 6.83. The smallest absolute Gasteiger partial charge is 0.215 e. The van der Waals surface area contributed by atoms with E-state index in [0.29, 0.717) is 0 Å². The van der Waals surface area contributed by atoms with Crippen molar-refractivity contribution in [3.63, 3.8) is 0 Å². The van der Waals surface area contributed by atoms with Crippen LogP contribution in [0.5, 0.6) is 0 Å². The first-order valence-corrected chi connectivity index (χ1v) is 16.4. The predicted molar refractivity (Wildman–Crippen MR) is 205 cm³/mol. The Kier molecular flexibility index (Phi) is 6.80. The van der Waals surface area contributed by atoms with Crippen LogP contribution in [-0.2, 0) is 0 Å². The molecule has 0 atom stereocenters. The molecule has 0 saturated carbocycles. The van der Waals surface area contributed by atoms with E-state index in [0.717, 1.165) is 94.3 Å². The molecule has 0 aliphatic rings. The van der Waals surface area contributed by atoms with E-state index < -0.39 is 0 Å². The van der Waals surface area contributed by atoms with Crippen LogP contribution in [-0.4, -0.2) is 15.1 Å². The summed E-state index contributed by atoms with van der Waals surface area (Å²) < 4.78 is 8.78. The van der Waals surface area contributed by atoms with Crippen molar-refractivity contribution in [3.05, 3.63) is 181 Å². The number of hydrogen-bond donors (Lipinski definition) is 0. The largest absolute Gasteiger partial charge is 0.439 e. The van der Waals surface area contributed by atoms with E-state index in [1.807, 2.05) is 48.5 Å². The van der Waals surface area contributed by atoms with Gasteiger partial charge >= 0.3 is 0 Å². The summed E-state index contributed by atoms with van der Waals surface area (Å²) in [5, 5.41) is 4.41. The van der Waals surface area contributed by atoms with Gasteiger partial charge in [0, 0.05) is 16.3 Å². The molecule has 4 nitrogen and oxygen atoms in total. The maximum absolute atomic E-state index is 6.62. The van der Waals surface area contributed by atoms with Gasteiger partial charge in [0.15, 0.2) is 0 Å². The predicted octanol–water partition coefficient (Wildman–Crippen LogP) is 11.8. The number of para-hydroxylation sites is 2. The molecule has 49 heavy (non-hydrogen) atoms. The van der Waals surface area contributed by atoms with Gasteiger partial charge in [0.05, 0.1) is 27.8 Å². The molecule has 0 radical (unpaired) electrons. The van der Waals surface area contributed by atoms with Crippen LogP contribution in [0.25, 0.3) is 71.9 Å². The number of rotatable bonds is 6. The maximum Gasteiger partial charge on any atom is 0.215 e. The molecule has 0 aliphatic carbocycles. The number of aromatic nitrogens is 2.